The Morgan fingerprint density at radius 2 is 1.83 bits per heavy atom. The van der Waals surface area contributed by atoms with Crippen molar-refractivity contribution in [3.63, 3.8) is 0 Å². The molecule has 1 aromatic carbocycles. The minimum atomic E-state index is -1.04. The van der Waals surface area contributed by atoms with E-state index in [1.54, 1.807) is 18.2 Å². The number of nitrogens with one attached hydrogen (secondary N) is 1. The van der Waals surface area contributed by atoms with Crippen LogP contribution in [-0.4, -0.2) is 15.3 Å². The largest absolute Gasteiger partial charge is 0.316 e. The third kappa shape index (κ3) is 2.57. The molecule has 3 aromatic rings. The van der Waals surface area contributed by atoms with Gasteiger partial charge in [0.2, 0.25) is 0 Å². The van der Waals surface area contributed by atoms with Gasteiger partial charge in [0.05, 0.1) is 5.69 Å². The highest BCUT2D eigenvalue weighted by atomic mass is 19.1. The molecule has 2 aromatic heterocycles. The molecule has 0 aliphatic carbocycles. The van der Waals surface area contributed by atoms with Crippen LogP contribution in [0.4, 0.5) is 14.5 Å². The summed E-state index contributed by atoms with van der Waals surface area (Å²) in [6, 6.07) is 8.07. The second-order valence-electron chi connectivity index (χ2n) is 4.86. The summed E-state index contributed by atoms with van der Waals surface area (Å²) in [4.78, 5) is 28.7. The highest BCUT2D eigenvalue weighted by molar-refractivity contribution is 6.04. The summed E-state index contributed by atoms with van der Waals surface area (Å²) < 4.78 is 28.6. The molecule has 0 bridgehead atoms. The highest BCUT2D eigenvalue weighted by Gasteiger charge is 2.20. The zero-order chi connectivity index (χ0) is 16.6. The Hall–Kier alpha value is -3.09. The van der Waals surface area contributed by atoms with Crippen molar-refractivity contribution in [2.24, 2.45) is 0 Å². The predicted octanol–water partition coefficient (Wildman–Crippen LogP) is 2.53. The molecule has 0 saturated carbocycles. The zero-order valence-electron chi connectivity index (χ0n) is 12.0. The molecule has 2 heterocycles. The number of anilines is 1. The molecule has 0 fully saturated rings. The maximum Gasteiger partial charge on any atom is 0.281 e. The molecule has 0 atom stereocenters. The monoisotopic (exact) mass is 315 g/mol. The number of carbonyl (C=O) groups is 1. The quantitative estimate of drug-likeness (QED) is 0.790. The molecule has 0 spiro atoms. The first-order chi connectivity index (χ1) is 11.0. The van der Waals surface area contributed by atoms with Crippen molar-refractivity contribution in [1.82, 2.24) is 9.38 Å². The van der Waals surface area contributed by atoms with E-state index in [9.17, 15) is 18.4 Å². The summed E-state index contributed by atoms with van der Waals surface area (Å²) in [5, 5.41) is 2.25. The fraction of sp³-hybridized carbons (Fsp3) is 0.0625. The van der Waals surface area contributed by atoms with E-state index in [1.807, 2.05) is 0 Å². The van der Waals surface area contributed by atoms with E-state index in [0.29, 0.717) is 5.65 Å². The van der Waals surface area contributed by atoms with Gasteiger partial charge in [0.25, 0.3) is 11.5 Å². The van der Waals surface area contributed by atoms with Crippen molar-refractivity contribution in [3.8, 4) is 0 Å². The standard InChI is InChI=1S/C16H11F2N3O2/c1-9-14(16(23)21-8-3-2-7-12(21)19-9)20-15(22)13-10(17)5-4-6-11(13)18/h2-8H,1H3,(H,20,22). The van der Waals surface area contributed by atoms with Crippen LogP contribution in [0.5, 0.6) is 0 Å². The molecular weight excluding hydrogens is 304 g/mol. The molecule has 1 amide bonds. The second kappa shape index (κ2) is 5.60. The Labute approximate surface area is 129 Å². The third-order valence-corrected chi connectivity index (χ3v) is 3.34. The summed E-state index contributed by atoms with van der Waals surface area (Å²) >= 11 is 0. The smallest absolute Gasteiger partial charge is 0.281 e. The predicted molar refractivity (Wildman–Crippen MR) is 80.5 cm³/mol. The number of rotatable bonds is 2. The van der Waals surface area contributed by atoms with Crippen molar-refractivity contribution in [2.45, 2.75) is 6.92 Å². The van der Waals surface area contributed by atoms with Crippen LogP contribution in [0.1, 0.15) is 16.1 Å². The maximum atomic E-state index is 13.7. The van der Waals surface area contributed by atoms with E-state index in [4.69, 9.17) is 0 Å². The Bertz CT molecular complexity index is 962. The number of carbonyl (C=O) groups excluding carboxylic acids is 1. The number of nitrogens with zero attached hydrogens (tertiary/aromatic N) is 2. The molecule has 116 valence electrons. The van der Waals surface area contributed by atoms with Gasteiger partial charge in [-0.05, 0) is 31.2 Å². The number of hydrogen-bond donors (Lipinski definition) is 1. The minimum Gasteiger partial charge on any atom is -0.316 e. The lowest BCUT2D eigenvalue weighted by Crippen LogP contribution is -2.26. The molecule has 5 nitrogen and oxygen atoms in total. The zero-order valence-corrected chi connectivity index (χ0v) is 12.0. The van der Waals surface area contributed by atoms with E-state index >= 15 is 0 Å². The van der Waals surface area contributed by atoms with Gasteiger partial charge >= 0.3 is 0 Å². The molecule has 0 radical (unpaired) electrons. The molecule has 0 aliphatic heterocycles. The fourth-order valence-electron chi connectivity index (χ4n) is 2.23. The van der Waals surface area contributed by atoms with Crippen LogP contribution in [0.3, 0.4) is 0 Å². The number of pyridine rings is 1. The first-order valence-electron chi connectivity index (χ1n) is 6.72. The summed E-state index contributed by atoms with van der Waals surface area (Å²) in [5.74, 6) is -3.05. The Morgan fingerprint density at radius 3 is 2.52 bits per heavy atom. The Balaban J connectivity index is 2.08. The fourth-order valence-corrected chi connectivity index (χ4v) is 2.23. The second-order valence-corrected chi connectivity index (χ2v) is 4.86. The van der Waals surface area contributed by atoms with Gasteiger partial charge in [-0.2, -0.15) is 0 Å². The van der Waals surface area contributed by atoms with Crippen LogP contribution in [0.15, 0.2) is 47.4 Å². The molecule has 3 rings (SSSR count). The average molecular weight is 315 g/mol. The van der Waals surface area contributed by atoms with Crippen molar-refractivity contribution in [3.05, 3.63) is 75.8 Å². The van der Waals surface area contributed by atoms with Gasteiger partial charge in [-0.15, -0.1) is 0 Å². The van der Waals surface area contributed by atoms with Gasteiger partial charge < -0.3 is 5.32 Å². The van der Waals surface area contributed by atoms with Crippen molar-refractivity contribution in [2.75, 3.05) is 5.32 Å². The lowest BCUT2D eigenvalue weighted by molar-refractivity contribution is 0.101. The molecule has 0 saturated heterocycles. The number of aromatic nitrogens is 2. The van der Waals surface area contributed by atoms with Crippen LogP contribution >= 0.6 is 0 Å². The lowest BCUT2D eigenvalue weighted by atomic mass is 10.2. The normalized spacial score (nSPS) is 10.7. The summed E-state index contributed by atoms with van der Waals surface area (Å²) in [6.07, 6.45) is 1.49. The van der Waals surface area contributed by atoms with Gasteiger partial charge in [0.15, 0.2) is 0 Å². The van der Waals surface area contributed by atoms with E-state index in [0.717, 1.165) is 18.2 Å². The molecule has 23 heavy (non-hydrogen) atoms. The van der Waals surface area contributed by atoms with E-state index in [-0.39, 0.29) is 11.4 Å². The number of fused-ring (bicyclic) bond motifs is 1. The Kier molecular flexibility index (Phi) is 3.61. The van der Waals surface area contributed by atoms with Crippen LogP contribution in [0.2, 0.25) is 0 Å². The SMILES string of the molecule is Cc1nc2ccccn2c(=O)c1NC(=O)c1c(F)cccc1F. The number of halogens is 2. The van der Waals surface area contributed by atoms with Gasteiger partial charge in [-0.1, -0.05) is 12.1 Å². The number of aryl methyl sites for hydroxylation is 1. The van der Waals surface area contributed by atoms with E-state index in [1.165, 1.54) is 17.5 Å². The first kappa shape index (κ1) is 14.8. The van der Waals surface area contributed by atoms with Crippen molar-refractivity contribution < 1.29 is 13.6 Å². The molecule has 1 N–H and O–H groups in total. The van der Waals surface area contributed by atoms with Crippen molar-refractivity contribution >= 4 is 17.2 Å². The summed E-state index contributed by atoms with van der Waals surface area (Å²) in [7, 11) is 0. The van der Waals surface area contributed by atoms with Gasteiger partial charge in [0, 0.05) is 6.20 Å². The van der Waals surface area contributed by atoms with Gasteiger partial charge in [-0.3, -0.25) is 14.0 Å². The number of amides is 1. The first-order valence-corrected chi connectivity index (χ1v) is 6.72. The van der Waals surface area contributed by atoms with Gasteiger partial charge in [0.1, 0.15) is 28.5 Å². The number of benzene rings is 1. The average Bonchev–Trinajstić information content (AvgIpc) is 2.51. The topological polar surface area (TPSA) is 63.5 Å². The lowest BCUT2D eigenvalue weighted by Gasteiger charge is -2.10. The molecule has 0 unspecified atom stereocenters. The molecule has 0 aliphatic rings. The van der Waals surface area contributed by atoms with Crippen LogP contribution in [-0.2, 0) is 0 Å². The Morgan fingerprint density at radius 1 is 1.13 bits per heavy atom. The molecule has 7 heteroatoms. The highest BCUT2D eigenvalue weighted by Crippen LogP contribution is 2.15. The van der Waals surface area contributed by atoms with Crippen LogP contribution in [0, 0.1) is 18.6 Å². The maximum absolute atomic E-state index is 13.7. The molecular formula is C16H11F2N3O2. The van der Waals surface area contributed by atoms with Crippen LogP contribution < -0.4 is 10.9 Å². The summed E-state index contributed by atoms with van der Waals surface area (Å²) in [5.41, 5.74) is -0.736. The third-order valence-electron chi connectivity index (χ3n) is 3.34. The van der Waals surface area contributed by atoms with Crippen LogP contribution in [0.25, 0.3) is 5.65 Å². The number of hydrogen-bond acceptors (Lipinski definition) is 3. The van der Waals surface area contributed by atoms with Crippen molar-refractivity contribution in [1.29, 1.82) is 0 Å². The van der Waals surface area contributed by atoms with E-state index in [2.05, 4.69) is 10.3 Å². The van der Waals surface area contributed by atoms with Gasteiger partial charge in [-0.25, -0.2) is 13.8 Å². The minimum absolute atomic E-state index is 0.124. The van der Waals surface area contributed by atoms with E-state index < -0.39 is 28.7 Å². The summed E-state index contributed by atoms with van der Waals surface area (Å²) in [6.45, 7) is 1.53.